The summed E-state index contributed by atoms with van der Waals surface area (Å²) in [4.78, 5) is 13.9. The zero-order valence-electron chi connectivity index (χ0n) is 9.83. The first-order valence-corrected chi connectivity index (χ1v) is 5.89. The number of nitrogens with one attached hydrogen (secondary N) is 1. The first-order chi connectivity index (χ1) is 7.19. The Hall–Kier alpha value is -0.610. The van der Waals surface area contributed by atoms with Gasteiger partial charge in [-0.15, -0.1) is 0 Å². The predicted molar refractivity (Wildman–Crippen MR) is 61.5 cm³/mol. The van der Waals surface area contributed by atoms with Crippen LogP contribution in [0.3, 0.4) is 0 Å². The maximum Gasteiger partial charge on any atom is 0.223 e. The largest absolute Gasteiger partial charge is 0.336 e. The molecule has 0 aromatic rings. The normalized spacial score (nSPS) is 23.9. The zero-order chi connectivity index (χ0) is 11.3. The maximum atomic E-state index is 12.0. The van der Waals surface area contributed by atoms with E-state index in [-0.39, 0.29) is 11.9 Å². The highest BCUT2D eigenvalue weighted by atomic mass is 16.2. The Morgan fingerprint density at radius 1 is 1.67 bits per heavy atom. The third-order valence-electron chi connectivity index (χ3n) is 3.16. The minimum Gasteiger partial charge on any atom is -0.336 e. The van der Waals surface area contributed by atoms with Crippen LogP contribution in [0.15, 0.2) is 0 Å². The van der Waals surface area contributed by atoms with E-state index < -0.39 is 0 Å². The Labute approximate surface area is 92.2 Å². The van der Waals surface area contributed by atoms with Gasteiger partial charge in [0.15, 0.2) is 0 Å². The van der Waals surface area contributed by atoms with Crippen LogP contribution in [-0.2, 0) is 4.79 Å². The monoisotopic (exact) mass is 213 g/mol. The third kappa shape index (κ3) is 3.47. The first-order valence-electron chi connectivity index (χ1n) is 5.89. The summed E-state index contributed by atoms with van der Waals surface area (Å²) in [5.74, 6) is 0.743. The summed E-state index contributed by atoms with van der Waals surface area (Å²) in [6, 6.07) is 0.190. The number of amides is 1. The zero-order valence-corrected chi connectivity index (χ0v) is 9.83. The lowest BCUT2D eigenvalue weighted by molar-refractivity contribution is -0.135. The predicted octanol–water partition coefficient (Wildman–Crippen LogP) is 0.182. The van der Waals surface area contributed by atoms with E-state index in [1.54, 1.807) is 0 Å². The standard InChI is InChI=1S/C11H23N3O/c1-3-9(2)6-11(15)14-5-4-13-8-10(14)7-12/h9-10,13H,3-8,12H2,1-2H3. The molecule has 1 heterocycles. The second-order valence-electron chi connectivity index (χ2n) is 4.40. The van der Waals surface area contributed by atoms with Gasteiger partial charge >= 0.3 is 0 Å². The SMILES string of the molecule is CCC(C)CC(=O)N1CCNCC1CN. The fraction of sp³-hybridized carbons (Fsp3) is 0.909. The molecule has 1 saturated heterocycles. The van der Waals surface area contributed by atoms with E-state index in [4.69, 9.17) is 5.73 Å². The van der Waals surface area contributed by atoms with E-state index in [9.17, 15) is 4.79 Å². The van der Waals surface area contributed by atoms with Crippen LogP contribution in [-0.4, -0.2) is 43.0 Å². The Kier molecular flexibility index (Phi) is 5.05. The van der Waals surface area contributed by atoms with Crippen LogP contribution >= 0.6 is 0 Å². The summed E-state index contributed by atoms with van der Waals surface area (Å²) in [6.45, 7) is 7.33. The fourth-order valence-corrected chi connectivity index (χ4v) is 1.86. The molecular formula is C11H23N3O. The van der Waals surface area contributed by atoms with Gasteiger partial charge in [-0.05, 0) is 5.92 Å². The summed E-state index contributed by atoms with van der Waals surface area (Å²) < 4.78 is 0. The molecule has 1 aliphatic rings. The molecule has 0 saturated carbocycles. The highest BCUT2D eigenvalue weighted by Gasteiger charge is 2.25. The Morgan fingerprint density at radius 3 is 3.00 bits per heavy atom. The summed E-state index contributed by atoms with van der Waals surface area (Å²) in [5.41, 5.74) is 5.66. The molecule has 0 radical (unpaired) electrons. The van der Waals surface area contributed by atoms with Gasteiger partial charge in [-0.1, -0.05) is 20.3 Å². The topological polar surface area (TPSA) is 58.4 Å². The van der Waals surface area contributed by atoms with Gasteiger partial charge < -0.3 is 16.0 Å². The molecule has 1 amide bonds. The van der Waals surface area contributed by atoms with Crippen molar-refractivity contribution in [1.82, 2.24) is 10.2 Å². The van der Waals surface area contributed by atoms with Crippen molar-refractivity contribution < 1.29 is 4.79 Å². The molecule has 1 fully saturated rings. The molecular weight excluding hydrogens is 190 g/mol. The van der Waals surface area contributed by atoms with Gasteiger partial charge in [0.25, 0.3) is 0 Å². The number of carbonyl (C=O) groups is 1. The molecule has 0 aromatic carbocycles. The summed E-state index contributed by atoms with van der Waals surface area (Å²) >= 11 is 0. The molecule has 2 unspecified atom stereocenters. The summed E-state index contributed by atoms with van der Waals surface area (Å²) in [7, 11) is 0. The minimum absolute atomic E-state index is 0.190. The van der Waals surface area contributed by atoms with Gasteiger partial charge in [0.1, 0.15) is 0 Å². The fourth-order valence-electron chi connectivity index (χ4n) is 1.86. The third-order valence-corrected chi connectivity index (χ3v) is 3.16. The van der Waals surface area contributed by atoms with Crippen molar-refractivity contribution in [2.45, 2.75) is 32.7 Å². The van der Waals surface area contributed by atoms with Crippen molar-refractivity contribution in [2.75, 3.05) is 26.2 Å². The lowest BCUT2D eigenvalue weighted by Gasteiger charge is -2.36. The Balaban J connectivity index is 2.48. The van der Waals surface area contributed by atoms with Gasteiger partial charge in [0.2, 0.25) is 5.91 Å². The van der Waals surface area contributed by atoms with Crippen LogP contribution < -0.4 is 11.1 Å². The highest BCUT2D eigenvalue weighted by molar-refractivity contribution is 5.77. The average Bonchev–Trinajstić information content (AvgIpc) is 2.28. The second kappa shape index (κ2) is 6.08. The van der Waals surface area contributed by atoms with Crippen molar-refractivity contribution in [3.05, 3.63) is 0 Å². The molecule has 0 bridgehead atoms. The molecule has 0 aliphatic carbocycles. The number of hydrogen-bond donors (Lipinski definition) is 2. The molecule has 15 heavy (non-hydrogen) atoms. The first kappa shape index (κ1) is 12.5. The van der Waals surface area contributed by atoms with Crippen LogP contribution in [0.25, 0.3) is 0 Å². The second-order valence-corrected chi connectivity index (χ2v) is 4.40. The molecule has 0 spiro atoms. The summed E-state index contributed by atoms with van der Waals surface area (Å²) in [5, 5.41) is 3.26. The van der Waals surface area contributed by atoms with E-state index in [0.717, 1.165) is 26.1 Å². The van der Waals surface area contributed by atoms with E-state index in [0.29, 0.717) is 18.9 Å². The molecule has 0 aromatic heterocycles. The minimum atomic E-state index is 0.190. The van der Waals surface area contributed by atoms with Gasteiger partial charge in [-0.2, -0.15) is 0 Å². The lowest BCUT2D eigenvalue weighted by atomic mass is 10.0. The van der Waals surface area contributed by atoms with Crippen LogP contribution in [0, 0.1) is 5.92 Å². The molecule has 3 N–H and O–H groups in total. The van der Waals surface area contributed by atoms with Crippen molar-refractivity contribution in [3.63, 3.8) is 0 Å². The van der Waals surface area contributed by atoms with Gasteiger partial charge in [-0.3, -0.25) is 4.79 Å². The van der Waals surface area contributed by atoms with Crippen LogP contribution in [0.1, 0.15) is 26.7 Å². The number of nitrogens with two attached hydrogens (primary N) is 1. The Bertz CT molecular complexity index is 208. The number of hydrogen-bond acceptors (Lipinski definition) is 3. The molecule has 2 atom stereocenters. The van der Waals surface area contributed by atoms with Gasteiger partial charge in [0, 0.05) is 32.6 Å². The lowest BCUT2D eigenvalue weighted by Crippen LogP contribution is -2.56. The number of nitrogens with zero attached hydrogens (tertiary/aromatic N) is 1. The molecule has 1 aliphatic heterocycles. The van der Waals surface area contributed by atoms with Crippen molar-refractivity contribution in [2.24, 2.45) is 11.7 Å². The molecule has 1 rings (SSSR count). The van der Waals surface area contributed by atoms with Crippen LogP contribution in [0.4, 0.5) is 0 Å². The average molecular weight is 213 g/mol. The van der Waals surface area contributed by atoms with Crippen molar-refractivity contribution >= 4 is 5.91 Å². The van der Waals surface area contributed by atoms with Gasteiger partial charge in [0.05, 0.1) is 6.04 Å². The smallest absolute Gasteiger partial charge is 0.223 e. The number of rotatable bonds is 4. The van der Waals surface area contributed by atoms with Crippen LogP contribution in [0.2, 0.25) is 0 Å². The van der Waals surface area contributed by atoms with E-state index in [1.165, 1.54) is 0 Å². The van der Waals surface area contributed by atoms with E-state index >= 15 is 0 Å². The van der Waals surface area contributed by atoms with Crippen molar-refractivity contribution in [3.8, 4) is 0 Å². The summed E-state index contributed by atoms with van der Waals surface area (Å²) in [6.07, 6.45) is 1.72. The van der Waals surface area contributed by atoms with Crippen LogP contribution in [0.5, 0.6) is 0 Å². The maximum absolute atomic E-state index is 12.0. The van der Waals surface area contributed by atoms with E-state index in [1.807, 2.05) is 4.90 Å². The quantitative estimate of drug-likeness (QED) is 0.700. The Morgan fingerprint density at radius 2 is 2.40 bits per heavy atom. The highest BCUT2D eigenvalue weighted by Crippen LogP contribution is 2.12. The molecule has 4 nitrogen and oxygen atoms in total. The molecule has 4 heteroatoms. The van der Waals surface area contributed by atoms with Crippen molar-refractivity contribution in [1.29, 1.82) is 0 Å². The van der Waals surface area contributed by atoms with Gasteiger partial charge in [-0.25, -0.2) is 0 Å². The molecule has 88 valence electrons. The number of carbonyl (C=O) groups excluding carboxylic acids is 1. The van der Waals surface area contributed by atoms with E-state index in [2.05, 4.69) is 19.2 Å². The number of piperazine rings is 1.